The zero-order valence-electron chi connectivity index (χ0n) is 13.2. The Kier molecular flexibility index (Phi) is 7.02. The van der Waals surface area contributed by atoms with Crippen LogP contribution in [-0.4, -0.2) is 56.3 Å². The van der Waals surface area contributed by atoms with Crippen LogP contribution in [0.1, 0.15) is 19.8 Å². The molecule has 8 heteroatoms. The Morgan fingerprint density at radius 2 is 1.83 bits per heavy atom. The lowest BCUT2D eigenvalue weighted by Crippen LogP contribution is -2.36. The number of ether oxygens (including phenoxy) is 1. The summed E-state index contributed by atoms with van der Waals surface area (Å²) in [6.45, 7) is 2.02. The topological polar surface area (TPSA) is 101 Å². The third-order valence-corrected chi connectivity index (χ3v) is 4.14. The molecule has 23 heavy (non-hydrogen) atoms. The molecule has 0 spiro atoms. The van der Waals surface area contributed by atoms with E-state index in [-0.39, 0.29) is 30.4 Å². The van der Waals surface area contributed by atoms with E-state index in [9.17, 15) is 18.0 Å². The van der Waals surface area contributed by atoms with Gasteiger partial charge >= 0.3 is 5.97 Å². The number of carbonyl (C=O) groups is 2. The van der Waals surface area contributed by atoms with Crippen molar-refractivity contribution in [1.82, 2.24) is 4.90 Å². The summed E-state index contributed by atoms with van der Waals surface area (Å²) < 4.78 is 28.1. The van der Waals surface area contributed by atoms with Crippen molar-refractivity contribution in [3.8, 4) is 5.75 Å². The lowest BCUT2D eigenvalue weighted by atomic mass is 10.3. The maximum absolute atomic E-state index is 11.9. The van der Waals surface area contributed by atoms with Gasteiger partial charge in [-0.1, -0.05) is 6.92 Å². The Balaban J connectivity index is 2.52. The van der Waals surface area contributed by atoms with Gasteiger partial charge in [-0.3, -0.25) is 9.59 Å². The van der Waals surface area contributed by atoms with Gasteiger partial charge in [0.1, 0.15) is 12.3 Å². The average Bonchev–Trinajstić information content (AvgIpc) is 2.46. The van der Waals surface area contributed by atoms with Crippen LogP contribution in [0.15, 0.2) is 29.2 Å². The third kappa shape index (κ3) is 6.68. The standard InChI is InChI=1S/C15H21NO6S/c1-3-9-16(11-15(18)19)14(17)8-10-22-12-4-6-13(7-5-12)23(2,20)21/h4-7H,3,8-11H2,1-2H3,(H,18,19). The van der Waals surface area contributed by atoms with Gasteiger partial charge in [-0.15, -0.1) is 0 Å². The second-order valence-corrected chi connectivity index (χ2v) is 7.07. The second kappa shape index (κ2) is 8.52. The molecule has 0 fully saturated rings. The Morgan fingerprint density at radius 1 is 1.22 bits per heavy atom. The summed E-state index contributed by atoms with van der Waals surface area (Å²) in [7, 11) is -3.25. The first-order valence-electron chi connectivity index (χ1n) is 7.16. The molecule has 0 bridgehead atoms. The number of nitrogens with zero attached hydrogens (tertiary/aromatic N) is 1. The van der Waals surface area contributed by atoms with Gasteiger partial charge in [0.25, 0.3) is 0 Å². The van der Waals surface area contributed by atoms with Crippen LogP contribution in [0.5, 0.6) is 5.75 Å². The Bertz CT molecular complexity index is 638. The van der Waals surface area contributed by atoms with Crippen molar-refractivity contribution in [1.29, 1.82) is 0 Å². The van der Waals surface area contributed by atoms with E-state index in [0.29, 0.717) is 18.7 Å². The fourth-order valence-electron chi connectivity index (χ4n) is 1.92. The van der Waals surface area contributed by atoms with Crippen LogP contribution in [0.4, 0.5) is 0 Å². The highest BCUT2D eigenvalue weighted by Crippen LogP contribution is 2.16. The number of rotatable bonds is 9. The normalized spacial score (nSPS) is 11.0. The maximum atomic E-state index is 11.9. The first kappa shape index (κ1) is 19.0. The first-order chi connectivity index (χ1) is 10.7. The molecule has 1 aromatic rings. The predicted octanol–water partition coefficient (Wildman–Crippen LogP) is 1.18. The van der Waals surface area contributed by atoms with Crippen molar-refractivity contribution in [2.45, 2.75) is 24.7 Å². The number of carboxylic acids is 1. The highest BCUT2D eigenvalue weighted by atomic mass is 32.2. The molecular weight excluding hydrogens is 322 g/mol. The molecule has 0 aliphatic carbocycles. The number of sulfone groups is 1. The minimum Gasteiger partial charge on any atom is -0.493 e. The van der Waals surface area contributed by atoms with Crippen molar-refractivity contribution in [2.75, 3.05) is 26.0 Å². The molecule has 128 valence electrons. The molecule has 0 aromatic heterocycles. The van der Waals surface area contributed by atoms with Crippen LogP contribution >= 0.6 is 0 Å². The molecule has 7 nitrogen and oxygen atoms in total. The molecular formula is C15H21NO6S. The minimum absolute atomic E-state index is 0.0567. The van der Waals surface area contributed by atoms with Crippen molar-refractivity contribution in [3.63, 3.8) is 0 Å². The van der Waals surface area contributed by atoms with Gasteiger partial charge in [0.2, 0.25) is 5.91 Å². The first-order valence-corrected chi connectivity index (χ1v) is 9.05. The molecule has 1 rings (SSSR count). The Morgan fingerprint density at radius 3 is 2.30 bits per heavy atom. The summed E-state index contributed by atoms with van der Waals surface area (Å²) >= 11 is 0. The van der Waals surface area contributed by atoms with E-state index in [1.54, 1.807) is 0 Å². The van der Waals surface area contributed by atoms with Crippen molar-refractivity contribution < 1.29 is 27.9 Å². The van der Waals surface area contributed by atoms with Crippen LogP contribution in [0.25, 0.3) is 0 Å². The van der Waals surface area contributed by atoms with E-state index >= 15 is 0 Å². The van der Waals surface area contributed by atoms with Gasteiger partial charge < -0.3 is 14.7 Å². The van der Waals surface area contributed by atoms with Gasteiger partial charge in [-0.2, -0.15) is 0 Å². The summed E-state index contributed by atoms with van der Waals surface area (Å²) in [5.41, 5.74) is 0. The summed E-state index contributed by atoms with van der Waals surface area (Å²) in [5, 5.41) is 8.78. The highest BCUT2D eigenvalue weighted by molar-refractivity contribution is 7.90. The Labute approximate surface area is 135 Å². The molecule has 0 aliphatic heterocycles. The van der Waals surface area contributed by atoms with E-state index < -0.39 is 15.8 Å². The fourth-order valence-corrected chi connectivity index (χ4v) is 2.55. The van der Waals surface area contributed by atoms with Gasteiger partial charge in [-0.25, -0.2) is 8.42 Å². The van der Waals surface area contributed by atoms with Crippen molar-refractivity contribution in [2.24, 2.45) is 0 Å². The van der Waals surface area contributed by atoms with Crippen molar-refractivity contribution in [3.05, 3.63) is 24.3 Å². The zero-order chi connectivity index (χ0) is 17.5. The van der Waals surface area contributed by atoms with E-state index in [2.05, 4.69) is 0 Å². The number of hydrogen-bond acceptors (Lipinski definition) is 5. The van der Waals surface area contributed by atoms with Crippen LogP contribution in [0.2, 0.25) is 0 Å². The third-order valence-electron chi connectivity index (χ3n) is 3.01. The van der Waals surface area contributed by atoms with Crippen LogP contribution < -0.4 is 4.74 Å². The molecule has 1 amide bonds. The molecule has 0 atom stereocenters. The van der Waals surface area contributed by atoms with Crippen LogP contribution in [-0.2, 0) is 19.4 Å². The van der Waals surface area contributed by atoms with Crippen molar-refractivity contribution >= 4 is 21.7 Å². The maximum Gasteiger partial charge on any atom is 0.323 e. The monoisotopic (exact) mass is 343 g/mol. The quantitative estimate of drug-likeness (QED) is 0.722. The molecule has 0 unspecified atom stereocenters. The summed E-state index contributed by atoms with van der Waals surface area (Å²) in [6.07, 6.45) is 1.85. The lowest BCUT2D eigenvalue weighted by molar-refractivity contribution is -0.144. The number of carbonyl (C=O) groups excluding carboxylic acids is 1. The number of benzene rings is 1. The van der Waals surface area contributed by atoms with E-state index in [0.717, 1.165) is 6.26 Å². The molecule has 0 saturated carbocycles. The van der Waals surface area contributed by atoms with E-state index in [1.807, 2.05) is 6.92 Å². The smallest absolute Gasteiger partial charge is 0.323 e. The summed E-state index contributed by atoms with van der Waals surface area (Å²) in [4.78, 5) is 24.1. The minimum atomic E-state index is -3.25. The van der Waals surface area contributed by atoms with Gasteiger partial charge in [0.15, 0.2) is 9.84 Å². The molecule has 1 aromatic carbocycles. The largest absolute Gasteiger partial charge is 0.493 e. The number of carboxylic acid groups (broad SMARTS) is 1. The number of hydrogen-bond donors (Lipinski definition) is 1. The van der Waals surface area contributed by atoms with Gasteiger partial charge in [0.05, 0.1) is 17.9 Å². The Hall–Kier alpha value is -2.09. The highest BCUT2D eigenvalue weighted by Gasteiger charge is 2.15. The van der Waals surface area contributed by atoms with Gasteiger partial charge in [0, 0.05) is 12.8 Å². The second-order valence-electron chi connectivity index (χ2n) is 5.05. The lowest BCUT2D eigenvalue weighted by Gasteiger charge is -2.19. The average molecular weight is 343 g/mol. The molecule has 0 heterocycles. The molecule has 0 radical (unpaired) electrons. The predicted molar refractivity (Wildman–Crippen MR) is 84.2 cm³/mol. The number of amides is 1. The van der Waals surface area contributed by atoms with E-state index in [4.69, 9.17) is 9.84 Å². The summed E-state index contributed by atoms with van der Waals surface area (Å²) in [5.74, 6) is -0.892. The summed E-state index contributed by atoms with van der Waals surface area (Å²) in [6, 6.07) is 5.89. The zero-order valence-corrected chi connectivity index (χ0v) is 14.0. The van der Waals surface area contributed by atoms with Crippen LogP contribution in [0.3, 0.4) is 0 Å². The SMILES string of the molecule is CCCN(CC(=O)O)C(=O)CCOc1ccc(S(C)(=O)=O)cc1. The van der Waals surface area contributed by atoms with E-state index in [1.165, 1.54) is 29.2 Å². The van der Waals surface area contributed by atoms with Crippen LogP contribution in [0, 0.1) is 0 Å². The molecule has 0 aliphatic rings. The fraction of sp³-hybridized carbons (Fsp3) is 0.467. The van der Waals surface area contributed by atoms with Gasteiger partial charge in [-0.05, 0) is 30.7 Å². The number of aliphatic carboxylic acids is 1. The molecule has 0 saturated heterocycles. The molecule has 1 N–H and O–H groups in total.